The molecule has 3 heterocycles. The number of halogens is 1. The van der Waals surface area contributed by atoms with Crippen molar-refractivity contribution in [3.05, 3.63) is 136 Å². The highest BCUT2D eigenvalue weighted by atomic mass is 79.9. The van der Waals surface area contributed by atoms with Crippen molar-refractivity contribution in [2.45, 2.75) is 24.4 Å². The minimum Gasteiger partial charge on any atom is -0.427 e. The number of hydrogen-bond donors (Lipinski definition) is 1. The molecule has 0 saturated carbocycles. The Hall–Kier alpha value is -4.82. The van der Waals surface area contributed by atoms with Crippen LogP contribution < -0.4 is 10.1 Å². The minimum atomic E-state index is -1.40. The molecule has 1 N–H and O–H groups in total. The SMILES string of the molecule is CC(=O)Oc1ccc(C(=O)[C@@H]2[C@@H](C(=O)c3ccc(Br)cc3)[C@]3(C(=O)Nc4ccccc43)[C@H]3c4ccccc4C=CN23)cc1. The third kappa shape index (κ3) is 4.08. The van der Waals surface area contributed by atoms with E-state index >= 15 is 0 Å². The number of fused-ring (bicyclic) bond motifs is 6. The molecule has 7 rings (SSSR count). The van der Waals surface area contributed by atoms with E-state index in [-0.39, 0.29) is 17.5 Å². The molecular weight excluding hydrogens is 608 g/mol. The van der Waals surface area contributed by atoms with E-state index in [4.69, 9.17) is 4.74 Å². The Kier molecular flexibility index (Phi) is 6.39. The van der Waals surface area contributed by atoms with Gasteiger partial charge in [-0.05, 0) is 65.2 Å². The molecule has 3 aliphatic rings. The first kappa shape index (κ1) is 27.0. The molecule has 4 aromatic carbocycles. The lowest BCUT2D eigenvalue weighted by Gasteiger charge is -2.38. The summed E-state index contributed by atoms with van der Waals surface area (Å²) < 4.78 is 5.98. The van der Waals surface area contributed by atoms with Crippen molar-refractivity contribution in [3.63, 3.8) is 0 Å². The molecule has 43 heavy (non-hydrogen) atoms. The Morgan fingerprint density at radius 2 is 1.49 bits per heavy atom. The lowest BCUT2D eigenvalue weighted by molar-refractivity contribution is -0.131. The van der Waals surface area contributed by atoms with Crippen LogP contribution in [0.2, 0.25) is 0 Å². The topological polar surface area (TPSA) is 92.8 Å². The maximum atomic E-state index is 14.8. The van der Waals surface area contributed by atoms with Crippen molar-refractivity contribution in [1.82, 2.24) is 4.90 Å². The summed E-state index contributed by atoms with van der Waals surface area (Å²) in [6.45, 7) is 1.31. The zero-order chi connectivity index (χ0) is 29.9. The number of esters is 1. The number of para-hydroxylation sites is 1. The summed E-state index contributed by atoms with van der Waals surface area (Å²) in [5.74, 6) is -2.16. The molecule has 0 radical (unpaired) electrons. The molecule has 1 saturated heterocycles. The number of amides is 1. The Morgan fingerprint density at radius 1 is 0.837 bits per heavy atom. The van der Waals surface area contributed by atoms with Crippen LogP contribution in [-0.4, -0.2) is 34.4 Å². The first-order valence-electron chi connectivity index (χ1n) is 13.9. The van der Waals surface area contributed by atoms with Crippen molar-refractivity contribution >= 4 is 51.1 Å². The van der Waals surface area contributed by atoms with Gasteiger partial charge in [-0.15, -0.1) is 0 Å². The van der Waals surface area contributed by atoms with Crippen molar-refractivity contribution in [3.8, 4) is 5.75 Å². The molecule has 1 fully saturated rings. The van der Waals surface area contributed by atoms with E-state index in [1.807, 2.05) is 65.7 Å². The number of rotatable bonds is 5. The number of carbonyl (C=O) groups excluding carboxylic acids is 4. The summed E-state index contributed by atoms with van der Waals surface area (Å²) in [7, 11) is 0. The monoisotopic (exact) mass is 632 g/mol. The molecule has 1 amide bonds. The van der Waals surface area contributed by atoms with Gasteiger partial charge in [0.1, 0.15) is 17.2 Å². The quantitative estimate of drug-likeness (QED) is 0.156. The number of ether oxygens (including phenoxy) is 1. The summed E-state index contributed by atoms with van der Waals surface area (Å²) >= 11 is 3.44. The van der Waals surface area contributed by atoms with Crippen LogP contribution in [0.5, 0.6) is 5.75 Å². The highest BCUT2D eigenvalue weighted by Crippen LogP contribution is 2.62. The fourth-order valence-electron chi connectivity index (χ4n) is 6.99. The van der Waals surface area contributed by atoms with E-state index in [1.54, 1.807) is 48.5 Å². The van der Waals surface area contributed by atoms with Crippen LogP contribution in [0.15, 0.2) is 108 Å². The molecular formula is C35H25BrN2O5. The summed E-state index contributed by atoms with van der Waals surface area (Å²) in [6, 6.07) is 26.9. The van der Waals surface area contributed by atoms with Crippen LogP contribution in [0.3, 0.4) is 0 Å². The third-order valence-electron chi connectivity index (χ3n) is 8.65. The van der Waals surface area contributed by atoms with Gasteiger partial charge in [-0.2, -0.15) is 0 Å². The second-order valence-corrected chi connectivity index (χ2v) is 11.9. The van der Waals surface area contributed by atoms with E-state index in [0.29, 0.717) is 28.1 Å². The van der Waals surface area contributed by atoms with Gasteiger partial charge in [-0.3, -0.25) is 19.2 Å². The number of benzene rings is 4. The van der Waals surface area contributed by atoms with Crippen LogP contribution in [0.4, 0.5) is 5.69 Å². The van der Waals surface area contributed by atoms with Crippen molar-refractivity contribution in [1.29, 1.82) is 0 Å². The van der Waals surface area contributed by atoms with Gasteiger partial charge < -0.3 is 15.0 Å². The molecule has 0 aromatic heterocycles. The lowest BCUT2D eigenvalue weighted by atomic mass is 9.62. The molecule has 4 aromatic rings. The van der Waals surface area contributed by atoms with Gasteiger partial charge in [0.25, 0.3) is 0 Å². The summed E-state index contributed by atoms with van der Waals surface area (Å²) in [6.07, 6.45) is 3.77. The van der Waals surface area contributed by atoms with Crippen molar-refractivity contribution in [2.24, 2.45) is 5.92 Å². The zero-order valence-corrected chi connectivity index (χ0v) is 24.6. The van der Waals surface area contributed by atoms with Gasteiger partial charge in [0.05, 0.1) is 12.0 Å². The van der Waals surface area contributed by atoms with Gasteiger partial charge in [0, 0.05) is 34.4 Å². The van der Waals surface area contributed by atoms with Gasteiger partial charge in [-0.25, -0.2) is 0 Å². The average molecular weight is 633 g/mol. The van der Waals surface area contributed by atoms with Crippen LogP contribution in [-0.2, 0) is 15.0 Å². The fourth-order valence-corrected chi connectivity index (χ4v) is 7.25. The van der Waals surface area contributed by atoms with Crippen LogP contribution >= 0.6 is 15.9 Å². The molecule has 7 nitrogen and oxygen atoms in total. The first-order valence-corrected chi connectivity index (χ1v) is 14.7. The predicted molar refractivity (Wildman–Crippen MR) is 165 cm³/mol. The van der Waals surface area contributed by atoms with Gasteiger partial charge in [-0.1, -0.05) is 70.5 Å². The second-order valence-electron chi connectivity index (χ2n) is 10.9. The number of carbonyl (C=O) groups is 4. The van der Waals surface area contributed by atoms with E-state index in [1.165, 1.54) is 6.92 Å². The second kappa shape index (κ2) is 10.2. The molecule has 0 aliphatic carbocycles. The molecule has 1 spiro atoms. The number of ketones is 2. The predicted octanol–water partition coefficient (Wildman–Crippen LogP) is 6.36. The Bertz CT molecular complexity index is 1850. The summed E-state index contributed by atoms with van der Waals surface area (Å²) in [5, 5.41) is 3.06. The molecule has 4 atom stereocenters. The highest BCUT2D eigenvalue weighted by molar-refractivity contribution is 9.10. The number of Topliss-reactive ketones (excluding diaryl/α,β-unsaturated/α-hetero) is 2. The van der Waals surface area contributed by atoms with Gasteiger partial charge in [0.15, 0.2) is 11.6 Å². The molecule has 212 valence electrons. The largest absolute Gasteiger partial charge is 0.427 e. The minimum absolute atomic E-state index is 0.297. The lowest BCUT2D eigenvalue weighted by Crippen LogP contribution is -2.49. The smallest absolute Gasteiger partial charge is 0.308 e. The standard InChI is InChI=1S/C35H25BrN2O5/c1-20(39)43-25-16-12-23(13-17-25)32(41)30-29(31(40)22-10-14-24(36)15-11-22)35(27-8-4-5-9-28(27)37-34(35)42)33-26-7-3-2-6-21(26)18-19-38(30)33/h2-19,29-30,33H,1H3,(H,37,42)/t29-,30-,33+,35-/m0/s1. The normalized spacial score (nSPS) is 22.9. The van der Waals surface area contributed by atoms with E-state index < -0.39 is 29.4 Å². The van der Waals surface area contributed by atoms with Crippen molar-refractivity contribution in [2.75, 3.05) is 5.32 Å². The first-order chi connectivity index (χ1) is 20.8. The van der Waals surface area contributed by atoms with E-state index in [9.17, 15) is 19.2 Å². The molecule has 0 bridgehead atoms. The Labute approximate surface area is 256 Å². The molecule has 8 heteroatoms. The van der Waals surface area contributed by atoms with Crippen molar-refractivity contribution < 1.29 is 23.9 Å². The highest BCUT2D eigenvalue weighted by Gasteiger charge is 2.70. The van der Waals surface area contributed by atoms with Gasteiger partial charge in [0.2, 0.25) is 5.91 Å². The Balaban J connectivity index is 1.48. The molecule has 3 aliphatic heterocycles. The number of nitrogens with zero attached hydrogens (tertiary/aromatic N) is 1. The van der Waals surface area contributed by atoms with E-state index in [2.05, 4.69) is 21.2 Å². The maximum absolute atomic E-state index is 14.8. The Morgan fingerprint density at radius 3 is 2.23 bits per heavy atom. The summed E-state index contributed by atoms with van der Waals surface area (Å²) in [5.41, 5.74) is 2.46. The average Bonchev–Trinajstić information content (AvgIpc) is 3.49. The van der Waals surface area contributed by atoms with Crippen LogP contribution in [0.1, 0.15) is 50.4 Å². The van der Waals surface area contributed by atoms with Crippen LogP contribution in [0, 0.1) is 5.92 Å². The fraction of sp³-hybridized carbons (Fsp3) is 0.143. The third-order valence-corrected chi connectivity index (χ3v) is 9.18. The van der Waals surface area contributed by atoms with Gasteiger partial charge >= 0.3 is 5.97 Å². The number of hydrogen-bond acceptors (Lipinski definition) is 6. The number of nitrogens with one attached hydrogen (secondary N) is 1. The summed E-state index contributed by atoms with van der Waals surface area (Å²) in [4.78, 5) is 57.3. The molecule has 0 unspecified atom stereocenters. The zero-order valence-electron chi connectivity index (χ0n) is 23.0. The van der Waals surface area contributed by atoms with Crippen LogP contribution in [0.25, 0.3) is 6.08 Å². The van der Waals surface area contributed by atoms with E-state index in [0.717, 1.165) is 15.6 Å². The maximum Gasteiger partial charge on any atom is 0.308 e. The number of anilines is 1.